The Morgan fingerprint density at radius 2 is 0.846 bits per heavy atom. The number of benzene rings is 8. The second kappa shape index (κ2) is 12.4. The van der Waals surface area contributed by atoms with E-state index in [0.29, 0.717) is 17.5 Å². The molecule has 0 atom stereocenters. The molecular weight excluding hydrogens is 633 g/mol. The molecule has 0 saturated heterocycles. The molecule has 0 amide bonds. The summed E-state index contributed by atoms with van der Waals surface area (Å²) in [6.45, 7) is 0. The first-order valence-electron chi connectivity index (χ1n) is 17.5. The van der Waals surface area contributed by atoms with Crippen molar-refractivity contribution in [2.24, 2.45) is 0 Å². The average Bonchev–Trinajstić information content (AvgIpc) is 3.23. The van der Waals surface area contributed by atoms with Crippen LogP contribution in [-0.2, 0) is 0 Å². The molecule has 2 aromatic heterocycles. The summed E-state index contributed by atoms with van der Waals surface area (Å²) in [4.78, 5) is 20.3. The normalized spacial score (nSPS) is 11.5. The maximum Gasteiger partial charge on any atom is 0.164 e. The van der Waals surface area contributed by atoms with Crippen LogP contribution in [0.2, 0.25) is 0 Å². The largest absolute Gasteiger partial charge is 0.256 e. The van der Waals surface area contributed by atoms with Gasteiger partial charge in [0.05, 0.1) is 5.52 Å². The number of pyridine rings is 1. The van der Waals surface area contributed by atoms with Gasteiger partial charge >= 0.3 is 0 Å². The smallest absolute Gasteiger partial charge is 0.164 e. The highest BCUT2D eigenvalue weighted by molar-refractivity contribution is 6.28. The summed E-state index contributed by atoms with van der Waals surface area (Å²) in [5.74, 6) is 1.88. The molecule has 4 heteroatoms. The lowest BCUT2D eigenvalue weighted by Crippen LogP contribution is -2.01. The Balaban J connectivity index is 1.24. The lowest BCUT2D eigenvalue weighted by Gasteiger charge is -2.17. The monoisotopic (exact) mass is 662 g/mol. The summed E-state index contributed by atoms with van der Waals surface area (Å²) in [6.07, 6.45) is 1.85. The molecule has 0 fully saturated rings. The van der Waals surface area contributed by atoms with Crippen LogP contribution in [0.5, 0.6) is 0 Å². The van der Waals surface area contributed by atoms with Gasteiger partial charge in [0.1, 0.15) is 0 Å². The van der Waals surface area contributed by atoms with Crippen LogP contribution in [0.3, 0.4) is 0 Å². The molecular formula is C48H30N4. The van der Waals surface area contributed by atoms with Gasteiger partial charge in [0.25, 0.3) is 0 Å². The Labute approximate surface area is 300 Å². The van der Waals surface area contributed by atoms with Crippen LogP contribution in [-0.4, -0.2) is 19.9 Å². The molecule has 4 nitrogen and oxygen atoms in total. The summed E-state index contributed by atoms with van der Waals surface area (Å²) < 4.78 is 0. The fraction of sp³-hybridized carbons (Fsp3) is 0. The number of fused-ring (bicyclic) bond motifs is 7. The zero-order chi connectivity index (χ0) is 34.4. The summed E-state index contributed by atoms with van der Waals surface area (Å²) in [5.41, 5.74) is 8.23. The quantitative estimate of drug-likeness (QED) is 0.172. The van der Waals surface area contributed by atoms with Gasteiger partial charge in [-0.05, 0) is 61.8 Å². The van der Waals surface area contributed by atoms with Gasteiger partial charge in [-0.3, -0.25) is 4.98 Å². The van der Waals surface area contributed by atoms with Crippen LogP contribution >= 0.6 is 0 Å². The molecule has 52 heavy (non-hydrogen) atoms. The maximum absolute atomic E-state index is 5.29. The van der Waals surface area contributed by atoms with E-state index < -0.39 is 0 Å². The highest BCUT2D eigenvalue weighted by atomic mass is 15.0. The van der Waals surface area contributed by atoms with Crippen LogP contribution in [0.15, 0.2) is 182 Å². The highest BCUT2D eigenvalue weighted by Gasteiger charge is 2.19. The lowest BCUT2D eigenvalue weighted by atomic mass is 9.88. The Kier molecular flexibility index (Phi) is 7.10. The number of rotatable bonds is 5. The number of hydrogen-bond acceptors (Lipinski definition) is 4. The Morgan fingerprint density at radius 3 is 1.56 bits per heavy atom. The van der Waals surface area contributed by atoms with Crippen molar-refractivity contribution in [1.82, 2.24) is 19.9 Å². The number of hydrogen-bond donors (Lipinski definition) is 0. The van der Waals surface area contributed by atoms with Crippen molar-refractivity contribution in [3.8, 4) is 56.4 Å². The third-order valence-corrected chi connectivity index (χ3v) is 9.94. The SMILES string of the molecule is c1ccc(-c2cc(-c3nc(-c4ccccc4)nc(-c4ccc(-c5cccc6cccnc56)cc4)n3)c3c4ccccc4c4ccccc4c3c2)cc1. The minimum absolute atomic E-state index is 0.620. The first-order chi connectivity index (χ1) is 25.8. The molecule has 0 bridgehead atoms. The van der Waals surface area contributed by atoms with Crippen molar-refractivity contribution in [2.75, 3.05) is 0 Å². The third kappa shape index (κ3) is 5.09. The van der Waals surface area contributed by atoms with Crippen molar-refractivity contribution in [3.05, 3.63) is 182 Å². The Bertz CT molecular complexity index is 2930. The van der Waals surface area contributed by atoms with E-state index in [1.54, 1.807) is 0 Å². The minimum atomic E-state index is 0.620. The van der Waals surface area contributed by atoms with Crippen molar-refractivity contribution in [3.63, 3.8) is 0 Å². The van der Waals surface area contributed by atoms with E-state index in [2.05, 4.69) is 157 Å². The first-order valence-corrected chi connectivity index (χ1v) is 17.5. The highest BCUT2D eigenvalue weighted by Crippen LogP contribution is 2.42. The van der Waals surface area contributed by atoms with Gasteiger partial charge < -0.3 is 0 Å². The average molecular weight is 663 g/mol. The van der Waals surface area contributed by atoms with E-state index in [-0.39, 0.29) is 0 Å². The zero-order valence-electron chi connectivity index (χ0n) is 28.1. The van der Waals surface area contributed by atoms with Gasteiger partial charge in [0.15, 0.2) is 17.5 Å². The molecule has 10 aromatic rings. The number of para-hydroxylation sites is 1. The molecule has 8 aromatic carbocycles. The topological polar surface area (TPSA) is 51.6 Å². The predicted octanol–water partition coefficient (Wildman–Crippen LogP) is 12.2. The summed E-state index contributed by atoms with van der Waals surface area (Å²) in [7, 11) is 0. The van der Waals surface area contributed by atoms with Crippen LogP contribution in [0, 0.1) is 0 Å². The molecule has 0 radical (unpaired) electrons. The van der Waals surface area contributed by atoms with E-state index in [1.165, 1.54) is 26.9 Å². The Morgan fingerprint density at radius 1 is 0.308 bits per heavy atom. The van der Waals surface area contributed by atoms with Gasteiger partial charge in [0, 0.05) is 39.2 Å². The molecule has 10 rings (SSSR count). The molecule has 0 aliphatic rings. The number of aromatic nitrogens is 4. The second-order valence-corrected chi connectivity index (χ2v) is 13.0. The van der Waals surface area contributed by atoms with Gasteiger partial charge in [-0.15, -0.1) is 0 Å². The van der Waals surface area contributed by atoms with Gasteiger partial charge in [-0.25, -0.2) is 15.0 Å². The summed E-state index contributed by atoms with van der Waals surface area (Å²) in [5, 5.41) is 8.21. The zero-order valence-corrected chi connectivity index (χ0v) is 28.1. The fourth-order valence-corrected chi connectivity index (χ4v) is 7.48. The molecule has 0 saturated carbocycles. The Hall–Kier alpha value is -7.04. The van der Waals surface area contributed by atoms with Gasteiger partial charge in [0.2, 0.25) is 0 Å². The predicted molar refractivity (Wildman–Crippen MR) is 215 cm³/mol. The molecule has 0 aliphatic heterocycles. The van der Waals surface area contributed by atoms with Crippen molar-refractivity contribution < 1.29 is 0 Å². The second-order valence-electron chi connectivity index (χ2n) is 13.0. The summed E-state index contributed by atoms with van der Waals surface area (Å²) in [6, 6.07) is 61.5. The molecule has 242 valence electrons. The lowest BCUT2D eigenvalue weighted by molar-refractivity contribution is 1.08. The molecule has 0 unspecified atom stereocenters. The van der Waals surface area contributed by atoms with Gasteiger partial charge in [-0.2, -0.15) is 0 Å². The standard InChI is InChI=1S/C48H30N4/c1-3-13-31(14-4-1)36-29-42-40-21-8-7-19-38(40)39-20-9-10-22-41(39)44(42)43(30-36)48-51-46(34-15-5-2-6-16-34)50-47(52-48)35-26-24-32(25-27-35)37-23-11-17-33-18-12-28-49-45(33)37/h1-30H. The maximum atomic E-state index is 5.29. The van der Waals surface area contributed by atoms with Crippen LogP contribution in [0.4, 0.5) is 0 Å². The van der Waals surface area contributed by atoms with Crippen LogP contribution in [0.1, 0.15) is 0 Å². The fourth-order valence-electron chi connectivity index (χ4n) is 7.48. The van der Waals surface area contributed by atoms with E-state index >= 15 is 0 Å². The van der Waals surface area contributed by atoms with Crippen LogP contribution in [0.25, 0.3) is 99.6 Å². The first kappa shape index (κ1) is 29.8. The van der Waals surface area contributed by atoms with E-state index in [1.807, 2.05) is 30.5 Å². The summed E-state index contributed by atoms with van der Waals surface area (Å²) >= 11 is 0. The molecule has 0 N–H and O–H groups in total. The van der Waals surface area contributed by atoms with Crippen molar-refractivity contribution in [2.45, 2.75) is 0 Å². The van der Waals surface area contributed by atoms with E-state index in [4.69, 9.17) is 15.0 Å². The molecule has 0 aliphatic carbocycles. The van der Waals surface area contributed by atoms with Gasteiger partial charge in [-0.1, -0.05) is 158 Å². The van der Waals surface area contributed by atoms with E-state index in [9.17, 15) is 0 Å². The van der Waals surface area contributed by atoms with Crippen molar-refractivity contribution in [1.29, 1.82) is 0 Å². The van der Waals surface area contributed by atoms with Crippen LogP contribution < -0.4 is 0 Å². The third-order valence-electron chi connectivity index (χ3n) is 9.94. The van der Waals surface area contributed by atoms with Crippen molar-refractivity contribution >= 4 is 43.2 Å². The molecule has 2 heterocycles. The van der Waals surface area contributed by atoms with E-state index in [0.717, 1.165) is 55.2 Å². The molecule has 0 spiro atoms. The number of nitrogens with zero attached hydrogens (tertiary/aromatic N) is 4. The minimum Gasteiger partial charge on any atom is -0.256 e.